The van der Waals surface area contributed by atoms with Gasteiger partial charge in [0.1, 0.15) is 5.75 Å². The average Bonchev–Trinajstić information content (AvgIpc) is 2.93. The first-order chi connectivity index (χ1) is 8.63. The topological polar surface area (TPSA) is 49.8 Å². The third kappa shape index (κ3) is 2.06. The fourth-order valence-electron chi connectivity index (χ4n) is 2.50. The zero-order chi connectivity index (χ0) is 12.7. The van der Waals surface area contributed by atoms with E-state index in [-0.39, 0.29) is 5.91 Å². The molecule has 1 aromatic carbocycles. The van der Waals surface area contributed by atoms with Gasteiger partial charge in [-0.1, -0.05) is 11.6 Å². The number of halogens is 1. The van der Waals surface area contributed by atoms with Crippen molar-refractivity contribution in [1.82, 2.24) is 4.90 Å². The minimum Gasteiger partial charge on any atom is -0.480 e. The van der Waals surface area contributed by atoms with Crippen LogP contribution in [0, 0.1) is 0 Å². The Labute approximate surface area is 110 Å². The molecule has 18 heavy (non-hydrogen) atoms. The minimum absolute atomic E-state index is 0.0427. The Morgan fingerprint density at radius 3 is 3.06 bits per heavy atom. The molecule has 5 heteroatoms. The largest absolute Gasteiger partial charge is 0.480 e. The molecule has 0 saturated carbocycles. The second-order valence-electron chi connectivity index (χ2n) is 4.79. The van der Waals surface area contributed by atoms with Crippen LogP contribution in [-0.2, 0) is 11.2 Å². The SMILES string of the molecule is O=C(C1Cc2cc(Cl)ccc2O1)N1CC[C@@H](O)C1. The summed E-state index contributed by atoms with van der Waals surface area (Å²) >= 11 is 5.91. The van der Waals surface area contributed by atoms with Crippen LogP contribution in [-0.4, -0.2) is 41.2 Å². The van der Waals surface area contributed by atoms with Crippen molar-refractivity contribution in [1.29, 1.82) is 0 Å². The maximum Gasteiger partial charge on any atom is 0.264 e. The van der Waals surface area contributed by atoms with Crippen LogP contribution in [0.4, 0.5) is 0 Å². The number of hydrogen-bond donors (Lipinski definition) is 1. The molecule has 3 rings (SSSR count). The van der Waals surface area contributed by atoms with Gasteiger partial charge in [-0.2, -0.15) is 0 Å². The van der Waals surface area contributed by atoms with Crippen LogP contribution >= 0.6 is 11.6 Å². The van der Waals surface area contributed by atoms with Crippen molar-refractivity contribution in [2.75, 3.05) is 13.1 Å². The second-order valence-corrected chi connectivity index (χ2v) is 5.23. The molecule has 2 aliphatic rings. The van der Waals surface area contributed by atoms with Gasteiger partial charge in [0.25, 0.3) is 5.91 Å². The number of fused-ring (bicyclic) bond motifs is 1. The predicted octanol–water partition coefficient (Wildman–Crippen LogP) is 1.24. The molecule has 1 aromatic rings. The molecular formula is C13H14ClNO3. The van der Waals surface area contributed by atoms with Gasteiger partial charge in [-0.25, -0.2) is 0 Å². The first-order valence-corrected chi connectivity index (χ1v) is 6.43. The second kappa shape index (κ2) is 4.44. The van der Waals surface area contributed by atoms with Gasteiger partial charge in [0.2, 0.25) is 0 Å². The van der Waals surface area contributed by atoms with Crippen LogP contribution in [0.15, 0.2) is 18.2 Å². The number of ether oxygens (including phenoxy) is 1. The van der Waals surface area contributed by atoms with Gasteiger partial charge in [0.05, 0.1) is 6.10 Å². The van der Waals surface area contributed by atoms with Crippen LogP contribution in [0.1, 0.15) is 12.0 Å². The lowest BCUT2D eigenvalue weighted by Crippen LogP contribution is -2.40. The summed E-state index contributed by atoms with van der Waals surface area (Å²) in [5, 5.41) is 10.1. The van der Waals surface area contributed by atoms with E-state index in [1.807, 2.05) is 6.07 Å². The molecular weight excluding hydrogens is 254 g/mol. The van der Waals surface area contributed by atoms with Crippen molar-refractivity contribution in [2.45, 2.75) is 25.0 Å². The van der Waals surface area contributed by atoms with Crippen molar-refractivity contribution in [3.8, 4) is 5.75 Å². The Kier molecular flexibility index (Phi) is 2.92. The molecule has 2 atom stereocenters. The van der Waals surface area contributed by atoms with E-state index in [0.717, 1.165) is 11.3 Å². The van der Waals surface area contributed by atoms with E-state index in [2.05, 4.69) is 0 Å². The van der Waals surface area contributed by atoms with Crippen molar-refractivity contribution in [2.24, 2.45) is 0 Å². The van der Waals surface area contributed by atoms with Crippen LogP contribution in [0.3, 0.4) is 0 Å². The summed E-state index contributed by atoms with van der Waals surface area (Å²) in [4.78, 5) is 13.9. The first kappa shape index (κ1) is 11.8. The van der Waals surface area contributed by atoms with Crippen molar-refractivity contribution in [3.05, 3.63) is 28.8 Å². The summed E-state index contributed by atoms with van der Waals surface area (Å²) in [7, 11) is 0. The van der Waals surface area contributed by atoms with Gasteiger partial charge < -0.3 is 14.7 Å². The standard InChI is InChI=1S/C13H14ClNO3/c14-9-1-2-11-8(5-9)6-12(18-11)13(17)15-4-3-10(16)7-15/h1-2,5,10,12,16H,3-4,6-7H2/t10-,12?/m1/s1. The molecule has 1 unspecified atom stereocenters. The highest BCUT2D eigenvalue weighted by Gasteiger charge is 2.35. The number of hydrogen-bond acceptors (Lipinski definition) is 3. The summed E-state index contributed by atoms with van der Waals surface area (Å²) in [6.45, 7) is 1.02. The van der Waals surface area contributed by atoms with E-state index in [1.54, 1.807) is 17.0 Å². The zero-order valence-corrected chi connectivity index (χ0v) is 10.6. The highest BCUT2D eigenvalue weighted by molar-refractivity contribution is 6.30. The summed E-state index contributed by atoms with van der Waals surface area (Å²) in [6, 6.07) is 5.39. The third-order valence-electron chi connectivity index (χ3n) is 3.45. The van der Waals surface area contributed by atoms with Gasteiger partial charge in [-0.3, -0.25) is 4.79 Å². The molecule has 2 aliphatic heterocycles. The number of nitrogens with zero attached hydrogens (tertiary/aromatic N) is 1. The Hall–Kier alpha value is -1.26. The molecule has 4 nitrogen and oxygen atoms in total. The number of likely N-dealkylation sites (tertiary alicyclic amines) is 1. The normalized spacial score (nSPS) is 26.0. The molecule has 2 heterocycles. The number of rotatable bonds is 1. The van der Waals surface area contributed by atoms with Crippen molar-refractivity contribution < 1.29 is 14.6 Å². The summed E-state index contributed by atoms with van der Waals surface area (Å²) < 4.78 is 5.64. The lowest BCUT2D eigenvalue weighted by atomic mass is 10.1. The van der Waals surface area contributed by atoms with Crippen LogP contribution in [0.2, 0.25) is 5.02 Å². The van der Waals surface area contributed by atoms with Crippen LogP contribution in [0.25, 0.3) is 0 Å². The van der Waals surface area contributed by atoms with Crippen molar-refractivity contribution >= 4 is 17.5 Å². The molecule has 0 radical (unpaired) electrons. The smallest absolute Gasteiger partial charge is 0.264 e. The van der Waals surface area contributed by atoms with Gasteiger partial charge in [-0.15, -0.1) is 0 Å². The molecule has 1 N–H and O–H groups in total. The number of carbonyl (C=O) groups excluding carboxylic acids is 1. The predicted molar refractivity (Wildman–Crippen MR) is 66.8 cm³/mol. The summed E-state index contributed by atoms with van der Waals surface area (Å²) in [5.74, 6) is 0.691. The fraction of sp³-hybridized carbons (Fsp3) is 0.462. The van der Waals surface area contributed by atoms with E-state index in [1.165, 1.54) is 0 Å². The van der Waals surface area contributed by atoms with Gasteiger partial charge in [0.15, 0.2) is 6.10 Å². The molecule has 1 saturated heterocycles. The Bertz CT molecular complexity index is 491. The quantitative estimate of drug-likeness (QED) is 0.833. The van der Waals surface area contributed by atoms with E-state index >= 15 is 0 Å². The average molecular weight is 268 g/mol. The maximum atomic E-state index is 12.2. The Balaban J connectivity index is 1.72. The zero-order valence-electron chi connectivity index (χ0n) is 9.80. The molecule has 0 aliphatic carbocycles. The van der Waals surface area contributed by atoms with E-state index in [4.69, 9.17) is 16.3 Å². The molecule has 1 fully saturated rings. The molecule has 0 spiro atoms. The molecule has 0 bridgehead atoms. The van der Waals surface area contributed by atoms with Crippen molar-refractivity contribution in [3.63, 3.8) is 0 Å². The highest BCUT2D eigenvalue weighted by Crippen LogP contribution is 2.32. The van der Waals surface area contributed by atoms with Gasteiger partial charge in [-0.05, 0) is 30.2 Å². The monoisotopic (exact) mass is 267 g/mol. The lowest BCUT2D eigenvalue weighted by molar-refractivity contribution is -0.137. The van der Waals surface area contributed by atoms with E-state index in [0.29, 0.717) is 31.0 Å². The number of β-amino-alcohol motifs (C(OH)–C–C–N with tert-alkyl or cyclic N) is 1. The third-order valence-corrected chi connectivity index (χ3v) is 3.68. The Morgan fingerprint density at radius 2 is 2.33 bits per heavy atom. The molecule has 96 valence electrons. The molecule has 1 amide bonds. The highest BCUT2D eigenvalue weighted by atomic mass is 35.5. The fourth-order valence-corrected chi connectivity index (χ4v) is 2.70. The summed E-state index contributed by atoms with van der Waals surface area (Å²) in [6.07, 6.45) is 0.342. The van der Waals surface area contributed by atoms with Crippen LogP contribution in [0.5, 0.6) is 5.75 Å². The number of aliphatic hydroxyl groups excluding tert-OH is 1. The number of carbonyl (C=O) groups is 1. The van der Waals surface area contributed by atoms with E-state index in [9.17, 15) is 9.90 Å². The maximum absolute atomic E-state index is 12.2. The lowest BCUT2D eigenvalue weighted by Gasteiger charge is -2.19. The number of benzene rings is 1. The molecule has 0 aromatic heterocycles. The van der Waals surface area contributed by atoms with E-state index < -0.39 is 12.2 Å². The van der Waals surface area contributed by atoms with Crippen LogP contribution < -0.4 is 4.74 Å². The van der Waals surface area contributed by atoms with Gasteiger partial charge in [0, 0.05) is 24.5 Å². The van der Waals surface area contributed by atoms with Gasteiger partial charge >= 0.3 is 0 Å². The Morgan fingerprint density at radius 1 is 1.50 bits per heavy atom. The number of aliphatic hydroxyl groups is 1. The first-order valence-electron chi connectivity index (χ1n) is 6.05. The number of amides is 1. The minimum atomic E-state index is -0.469. The summed E-state index contributed by atoms with van der Waals surface area (Å²) in [5.41, 5.74) is 0.973.